The van der Waals surface area contributed by atoms with Crippen molar-refractivity contribution >= 4 is 11.8 Å². The van der Waals surface area contributed by atoms with Crippen LogP contribution in [0.2, 0.25) is 0 Å². The first-order valence-electron chi connectivity index (χ1n) is 8.70. The lowest BCUT2D eigenvalue weighted by Gasteiger charge is -2.31. The zero-order chi connectivity index (χ0) is 19.2. The smallest absolute Gasteiger partial charge is 0.252 e. The molecule has 0 saturated carbocycles. The van der Waals surface area contributed by atoms with Crippen LogP contribution < -0.4 is 11.1 Å². The molecule has 26 heavy (non-hydrogen) atoms. The maximum Gasteiger partial charge on any atom is 0.252 e. The average Bonchev–Trinajstić information content (AvgIpc) is 2.66. The van der Waals surface area contributed by atoms with Gasteiger partial charge in [0.15, 0.2) is 0 Å². The summed E-state index contributed by atoms with van der Waals surface area (Å²) in [5.41, 5.74) is 6.86. The molecule has 0 bridgehead atoms. The first-order chi connectivity index (χ1) is 12.3. The lowest BCUT2D eigenvalue weighted by atomic mass is 9.92. The number of amides is 2. The molecule has 5 nitrogen and oxygen atoms in total. The fourth-order valence-electron chi connectivity index (χ4n) is 2.74. The van der Waals surface area contributed by atoms with Gasteiger partial charge in [-0.15, -0.1) is 0 Å². The number of hydrogen-bond acceptors (Lipinski definition) is 3. The van der Waals surface area contributed by atoms with E-state index in [0.29, 0.717) is 18.7 Å². The molecule has 0 aliphatic heterocycles. The van der Waals surface area contributed by atoms with Gasteiger partial charge in [-0.1, -0.05) is 62.4 Å². The number of carbonyl (C=O) groups excluding carboxylic acids is 2. The van der Waals surface area contributed by atoms with Gasteiger partial charge in [-0.05, 0) is 29.7 Å². The number of carbonyl (C=O) groups is 2. The Labute approximate surface area is 155 Å². The van der Waals surface area contributed by atoms with Crippen LogP contribution in [0.3, 0.4) is 0 Å². The third-order valence-electron chi connectivity index (χ3n) is 4.29. The minimum atomic E-state index is -0.748. The normalized spacial score (nSPS) is 12.3. The van der Waals surface area contributed by atoms with Crippen molar-refractivity contribution in [2.24, 2.45) is 11.1 Å². The van der Waals surface area contributed by atoms with E-state index < -0.39 is 6.04 Å². The van der Waals surface area contributed by atoms with Crippen molar-refractivity contribution in [1.29, 1.82) is 0 Å². The van der Waals surface area contributed by atoms with Gasteiger partial charge in [-0.25, -0.2) is 0 Å². The maximum atomic E-state index is 13.1. The van der Waals surface area contributed by atoms with Crippen LogP contribution >= 0.6 is 0 Å². The summed E-state index contributed by atoms with van der Waals surface area (Å²) in [5.74, 6) is -0.443. The Morgan fingerprint density at radius 1 is 1.04 bits per heavy atom. The topological polar surface area (TPSA) is 75.4 Å². The molecule has 0 aromatic heterocycles. The first-order valence-corrected chi connectivity index (χ1v) is 8.70. The van der Waals surface area contributed by atoms with E-state index in [2.05, 4.69) is 5.32 Å². The molecule has 0 spiro atoms. The average molecular weight is 353 g/mol. The molecule has 5 heteroatoms. The van der Waals surface area contributed by atoms with E-state index in [0.717, 1.165) is 5.56 Å². The number of nitrogens with one attached hydrogen (secondary N) is 1. The summed E-state index contributed by atoms with van der Waals surface area (Å²) in [6, 6.07) is 17.4. The van der Waals surface area contributed by atoms with Crippen molar-refractivity contribution in [1.82, 2.24) is 10.2 Å². The second-order valence-electron chi connectivity index (χ2n) is 7.25. The second kappa shape index (κ2) is 8.63. The van der Waals surface area contributed by atoms with E-state index in [1.807, 2.05) is 50.2 Å². The SMILES string of the molecule is CN(CC(C)(C)CN)C(=O)C(NC(=O)c1ccccc1)c1ccccc1. The zero-order valence-corrected chi connectivity index (χ0v) is 15.6. The van der Waals surface area contributed by atoms with Gasteiger partial charge in [0, 0.05) is 19.2 Å². The van der Waals surface area contributed by atoms with Crippen molar-refractivity contribution < 1.29 is 9.59 Å². The molecule has 2 aromatic carbocycles. The summed E-state index contributed by atoms with van der Waals surface area (Å²) in [6.07, 6.45) is 0. The molecule has 138 valence electrons. The van der Waals surface area contributed by atoms with Crippen LogP contribution in [0.25, 0.3) is 0 Å². The molecule has 0 saturated heterocycles. The van der Waals surface area contributed by atoms with E-state index in [-0.39, 0.29) is 17.2 Å². The summed E-state index contributed by atoms with van der Waals surface area (Å²) in [7, 11) is 1.74. The van der Waals surface area contributed by atoms with Crippen molar-refractivity contribution in [2.45, 2.75) is 19.9 Å². The lowest BCUT2D eigenvalue weighted by molar-refractivity contribution is -0.133. The number of benzene rings is 2. The standard InChI is InChI=1S/C21H27N3O2/c1-21(2,14-22)15-24(3)20(26)18(16-10-6-4-7-11-16)23-19(25)17-12-8-5-9-13-17/h4-13,18H,14-15,22H2,1-3H3,(H,23,25). The van der Waals surface area contributed by atoms with Gasteiger partial charge in [-0.3, -0.25) is 9.59 Å². The van der Waals surface area contributed by atoms with Crippen LogP contribution in [0.5, 0.6) is 0 Å². The number of hydrogen-bond donors (Lipinski definition) is 2. The van der Waals surface area contributed by atoms with E-state index in [9.17, 15) is 9.59 Å². The van der Waals surface area contributed by atoms with Crippen LogP contribution in [0.15, 0.2) is 60.7 Å². The number of nitrogens with zero attached hydrogens (tertiary/aromatic N) is 1. The summed E-state index contributed by atoms with van der Waals surface area (Å²) >= 11 is 0. The molecule has 0 fully saturated rings. The molecule has 0 radical (unpaired) electrons. The predicted octanol–water partition coefficient (Wildman–Crippen LogP) is 2.60. The van der Waals surface area contributed by atoms with Gasteiger partial charge in [0.2, 0.25) is 5.91 Å². The molecule has 1 atom stereocenters. The Morgan fingerprint density at radius 3 is 2.12 bits per heavy atom. The van der Waals surface area contributed by atoms with E-state index in [1.54, 1.807) is 36.2 Å². The van der Waals surface area contributed by atoms with Gasteiger partial charge in [-0.2, -0.15) is 0 Å². The lowest BCUT2D eigenvalue weighted by Crippen LogP contribution is -2.45. The Balaban J connectivity index is 2.24. The summed E-state index contributed by atoms with van der Waals surface area (Å²) in [4.78, 5) is 27.3. The number of rotatable bonds is 7. The summed E-state index contributed by atoms with van der Waals surface area (Å²) < 4.78 is 0. The van der Waals surface area contributed by atoms with Gasteiger partial charge < -0.3 is 16.0 Å². The molecule has 2 aromatic rings. The van der Waals surface area contributed by atoms with Gasteiger partial charge in [0.05, 0.1) is 0 Å². The molecule has 2 rings (SSSR count). The molecule has 0 aliphatic carbocycles. The van der Waals surface area contributed by atoms with Crippen LogP contribution in [0.1, 0.15) is 35.8 Å². The van der Waals surface area contributed by atoms with Crippen LogP contribution in [-0.2, 0) is 4.79 Å². The largest absolute Gasteiger partial charge is 0.343 e. The second-order valence-corrected chi connectivity index (χ2v) is 7.25. The first kappa shape index (κ1) is 19.7. The summed E-state index contributed by atoms with van der Waals surface area (Å²) in [5, 5.41) is 2.87. The highest BCUT2D eigenvalue weighted by molar-refractivity contribution is 5.97. The molecule has 3 N–H and O–H groups in total. The highest BCUT2D eigenvalue weighted by Crippen LogP contribution is 2.20. The Bertz CT molecular complexity index is 729. The number of likely N-dealkylation sites (N-methyl/N-ethyl adjacent to an activating group) is 1. The highest BCUT2D eigenvalue weighted by atomic mass is 16.2. The molecule has 1 unspecified atom stereocenters. The predicted molar refractivity (Wildman–Crippen MR) is 104 cm³/mol. The zero-order valence-electron chi connectivity index (χ0n) is 15.6. The highest BCUT2D eigenvalue weighted by Gasteiger charge is 2.29. The Hall–Kier alpha value is -2.66. The quantitative estimate of drug-likeness (QED) is 0.803. The molecule has 0 aliphatic rings. The van der Waals surface area contributed by atoms with Crippen LogP contribution in [0.4, 0.5) is 0 Å². The third kappa shape index (κ3) is 5.17. The fourth-order valence-corrected chi connectivity index (χ4v) is 2.74. The molecular weight excluding hydrogens is 326 g/mol. The molecular formula is C21H27N3O2. The Kier molecular flexibility index (Phi) is 6.52. The minimum Gasteiger partial charge on any atom is -0.343 e. The fraction of sp³-hybridized carbons (Fsp3) is 0.333. The van der Waals surface area contributed by atoms with Crippen LogP contribution in [-0.4, -0.2) is 36.9 Å². The van der Waals surface area contributed by atoms with Crippen molar-refractivity contribution in [3.8, 4) is 0 Å². The van der Waals surface area contributed by atoms with E-state index >= 15 is 0 Å². The Morgan fingerprint density at radius 2 is 1.58 bits per heavy atom. The van der Waals surface area contributed by atoms with Gasteiger partial charge in [0.25, 0.3) is 5.91 Å². The number of nitrogens with two attached hydrogens (primary N) is 1. The summed E-state index contributed by atoms with van der Waals surface area (Å²) in [6.45, 7) is 5.00. The van der Waals surface area contributed by atoms with E-state index in [4.69, 9.17) is 5.73 Å². The van der Waals surface area contributed by atoms with E-state index in [1.165, 1.54) is 0 Å². The molecule has 2 amide bonds. The van der Waals surface area contributed by atoms with Gasteiger partial charge in [0.1, 0.15) is 6.04 Å². The van der Waals surface area contributed by atoms with Crippen molar-refractivity contribution in [2.75, 3.05) is 20.1 Å². The van der Waals surface area contributed by atoms with Gasteiger partial charge >= 0.3 is 0 Å². The monoisotopic (exact) mass is 353 g/mol. The maximum absolute atomic E-state index is 13.1. The third-order valence-corrected chi connectivity index (χ3v) is 4.29. The van der Waals surface area contributed by atoms with Crippen LogP contribution in [0, 0.1) is 5.41 Å². The molecule has 0 heterocycles. The van der Waals surface area contributed by atoms with Crippen molar-refractivity contribution in [3.63, 3.8) is 0 Å². The van der Waals surface area contributed by atoms with Crippen molar-refractivity contribution in [3.05, 3.63) is 71.8 Å². The minimum absolute atomic E-state index is 0.165.